The number of carbonyl (C=O) groups is 1. The average molecular weight is 394 g/mol. The fourth-order valence-corrected chi connectivity index (χ4v) is 4.30. The van der Waals surface area contributed by atoms with Gasteiger partial charge in [0.2, 0.25) is 0 Å². The molecule has 0 radical (unpaired) electrons. The van der Waals surface area contributed by atoms with Gasteiger partial charge in [-0.2, -0.15) is 0 Å². The van der Waals surface area contributed by atoms with E-state index in [0.717, 1.165) is 29.6 Å². The van der Waals surface area contributed by atoms with Gasteiger partial charge in [-0.05, 0) is 29.8 Å². The van der Waals surface area contributed by atoms with Crippen molar-refractivity contribution in [2.24, 2.45) is 4.99 Å². The van der Waals surface area contributed by atoms with Crippen LogP contribution in [0.1, 0.15) is 27.5 Å². The Labute approximate surface area is 161 Å². The lowest BCUT2D eigenvalue weighted by Crippen LogP contribution is -2.21. The maximum Gasteiger partial charge on any atom is 0.195 e. The first kappa shape index (κ1) is 18.1. The molecule has 2 aliphatic heterocycles. The van der Waals surface area contributed by atoms with Crippen molar-refractivity contribution in [3.63, 3.8) is 0 Å². The summed E-state index contributed by atoms with van der Waals surface area (Å²) < 4.78 is 0. The van der Waals surface area contributed by atoms with Gasteiger partial charge in [0.1, 0.15) is 0 Å². The van der Waals surface area contributed by atoms with Gasteiger partial charge in [0.15, 0.2) is 11.0 Å². The lowest BCUT2D eigenvalue weighted by molar-refractivity contribution is 0.103. The van der Waals surface area contributed by atoms with Crippen LogP contribution in [0.4, 0.5) is 5.69 Å². The monoisotopic (exact) mass is 393 g/mol. The molecule has 2 aromatic carbocycles. The van der Waals surface area contributed by atoms with E-state index in [4.69, 9.17) is 22.3 Å². The molecule has 0 aliphatic carbocycles. The predicted molar refractivity (Wildman–Crippen MR) is 107 cm³/mol. The van der Waals surface area contributed by atoms with E-state index in [-0.39, 0.29) is 24.2 Å². The SMILES string of the molecule is Cl.Nc1cc(C2CN3CCSC3=N2)ccc1C(=O)c1cccc(Cl)c1. The first-order chi connectivity index (χ1) is 11.6. The van der Waals surface area contributed by atoms with Crippen molar-refractivity contribution in [3.05, 3.63) is 64.2 Å². The Balaban J connectivity index is 0.00000182. The summed E-state index contributed by atoms with van der Waals surface area (Å²) in [5.41, 5.74) is 8.74. The number of anilines is 1. The second-order valence-electron chi connectivity index (χ2n) is 5.91. The first-order valence-electron chi connectivity index (χ1n) is 7.77. The number of rotatable bonds is 3. The van der Waals surface area contributed by atoms with Crippen molar-refractivity contribution in [3.8, 4) is 0 Å². The van der Waals surface area contributed by atoms with Crippen LogP contribution in [0, 0.1) is 0 Å². The number of benzene rings is 2. The third-order valence-electron chi connectivity index (χ3n) is 4.31. The fourth-order valence-electron chi connectivity index (χ4n) is 3.07. The summed E-state index contributed by atoms with van der Waals surface area (Å²) in [5, 5.41) is 1.66. The molecule has 0 amide bonds. The maximum atomic E-state index is 12.6. The van der Waals surface area contributed by atoms with E-state index >= 15 is 0 Å². The number of ketones is 1. The zero-order chi connectivity index (χ0) is 16.7. The second-order valence-corrected chi connectivity index (χ2v) is 7.41. The van der Waals surface area contributed by atoms with Crippen LogP contribution in [0.5, 0.6) is 0 Å². The molecule has 2 aliphatic rings. The molecule has 2 N–H and O–H groups in total. The number of hydrogen-bond acceptors (Lipinski definition) is 5. The normalized spacial score (nSPS) is 18.5. The summed E-state index contributed by atoms with van der Waals surface area (Å²) in [4.78, 5) is 19.7. The second kappa shape index (κ2) is 7.28. The lowest BCUT2D eigenvalue weighted by atomic mass is 9.98. The molecular weight excluding hydrogens is 377 g/mol. The van der Waals surface area contributed by atoms with Gasteiger partial charge in [0.25, 0.3) is 0 Å². The molecule has 1 fully saturated rings. The molecule has 25 heavy (non-hydrogen) atoms. The van der Waals surface area contributed by atoms with E-state index in [1.165, 1.54) is 0 Å². The van der Waals surface area contributed by atoms with Crippen molar-refractivity contribution >= 4 is 52.4 Å². The highest BCUT2D eigenvalue weighted by Crippen LogP contribution is 2.33. The van der Waals surface area contributed by atoms with Gasteiger partial charge in [-0.3, -0.25) is 9.79 Å². The Kier molecular flexibility index (Phi) is 5.27. The molecule has 0 saturated carbocycles. The minimum absolute atomic E-state index is 0. The van der Waals surface area contributed by atoms with Gasteiger partial charge in [0.05, 0.1) is 6.04 Å². The molecule has 2 heterocycles. The van der Waals surface area contributed by atoms with Crippen LogP contribution in [0.2, 0.25) is 5.02 Å². The molecule has 130 valence electrons. The van der Waals surface area contributed by atoms with E-state index in [1.807, 2.05) is 12.1 Å². The third-order valence-corrected chi connectivity index (χ3v) is 5.56. The molecule has 0 spiro atoms. The van der Waals surface area contributed by atoms with Crippen molar-refractivity contribution in [1.29, 1.82) is 0 Å². The Morgan fingerprint density at radius 1 is 1.28 bits per heavy atom. The Hall–Kier alpha value is -1.69. The van der Waals surface area contributed by atoms with E-state index in [1.54, 1.807) is 42.1 Å². The summed E-state index contributed by atoms with van der Waals surface area (Å²) in [6, 6.07) is 12.6. The summed E-state index contributed by atoms with van der Waals surface area (Å²) >= 11 is 7.77. The van der Waals surface area contributed by atoms with Gasteiger partial charge in [-0.15, -0.1) is 12.4 Å². The van der Waals surface area contributed by atoms with E-state index < -0.39 is 0 Å². The molecule has 7 heteroatoms. The number of aliphatic imine (C=N–C) groups is 1. The van der Waals surface area contributed by atoms with Crippen molar-refractivity contribution in [2.45, 2.75) is 6.04 Å². The summed E-state index contributed by atoms with van der Waals surface area (Å²) in [6.07, 6.45) is 0. The van der Waals surface area contributed by atoms with E-state index in [9.17, 15) is 4.79 Å². The molecule has 1 atom stereocenters. The Bertz CT molecular complexity index is 856. The highest BCUT2D eigenvalue weighted by atomic mass is 35.5. The number of fused-ring (bicyclic) bond motifs is 1. The number of halogens is 2. The average Bonchev–Trinajstić information content (AvgIpc) is 3.16. The van der Waals surface area contributed by atoms with Gasteiger partial charge in [-0.25, -0.2) is 0 Å². The van der Waals surface area contributed by atoms with E-state index in [0.29, 0.717) is 21.8 Å². The predicted octanol–water partition coefficient (Wildman–Crippen LogP) is 4.03. The number of nitrogens with two attached hydrogens (primary N) is 1. The van der Waals surface area contributed by atoms with Crippen LogP contribution in [0.15, 0.2) is 47.5 Å². The topological polar surface area (TPSA) is 58.7 Å². The van der Waals surface area contributed by atoms with Gasteiger partial charge < -0.3 is 10.6 Å². The van der Waals surface area contributed by atoms with Crippen molar-refractivity contribution in [1.82, 2.24) is 4.90 Å². The van der Waals surface area contributed by atoms with Gasteiger partial charge >= 0.3 is 0 Å². The van der Waals surface area contributed by atoms with Crippen LogP contribution in [0.25, 0.3) is 0 Å². The Morgan fingerprint density at radius 2 is 2.12 bits per heavy atom. The van der Waals surface area contributed by atoms with Crippen LogP contribution in [-0.4, -0.2) is 34.7 Å². The number of thioether (sulfide) groups is 1. The van der Waals surface area contributed by atoms with Crippen LogP contribution < -0.4 is 5.73 Å². The van der Waals surface area contributed by atoms with E-state index in [2.05, 4.69) is 4.90 Å². The molecule has 0 bridgehead atoms. The largest absolute Gasteiger partial charge is 0.398 e. The molecule has 1 saturated heterocycles. The zero-order valence-corrected chi connectivity index (χ0v) is 15.7. The highest BCUT2D eigenvalue weighted by molar-refractivity contribution is 8.14. The first-order valence-corrected chi connectivity index (χ1v) is 9.13. The standard InChI is InChI=1S/C18H16ClN3OS.ClH/c19-13-3-1-2-12(8-13)17(23)14-5-4-11(9-15(14)20)16-10-22-6-7-24-18(22)21-16;/h1-5,8-9,16H,6-7,10,20H2;1H. The fraction of sp³-hybridized carbons (Fsp3) is 0.222. The number of nitrogens with zero attached hydrogens (tertiary/aromatic N) is 2. The summed E-state index contributed by atoms with van der Waals surface area (Å²) in [7, 11) is 0. The highest BCUT2D eigenvalue weighted by Gasteiger charge is 2.30. The molecule has 4 rings (SSSR count). The Morgan fingerprint density at radius 3 is 2.84 bits per heavy atom. The molecule has 2 aromatic rings. The maximum absolute atomic E-state index is 12.6. The minimum atomic E-state index is -0.115. The number of nitrogen functional groups attached to an aromatic ring is 1. The third kappa shape index (κ3) is 3.50. The molecular formula is C18H17Cl2N3OS. The minimum Gasteiger partial charge on any atom is -0.398 e. The number of hydrogen-bond donors (Lipinski definition) is 1. The van der Waals surface area contributed by atoms with Crippen LogP contribution in [-0.2, 0) is 0 Å². The van der Waals surface area contributed by atoms with Crippen molar-refractivity contribution in [2.75, 3.05) is 24.6 Å². The van der Waals surface area contributed by atoms with Crippen molar-refractivity contribution < 1.29 is 4.79 Å². The molecule has 4 nitrogen and oxygen atoms in total. The molecule has 1 unspecified atom stereocenters. The summed E-state index contributed by atoms with van der Waals surface area (Å²) in [6.45, 7) is 1.95. The van der Waals surface area contributed by atoms with Crippen LogP contribution >= 0.6 is 35.8 Å². The molecule has 0 aromatic heterocycles. The van der Waals surface area contributed by atoms with Gasteiger partial charge in [0, 0.05) is 40.7 Å². The summed E-state index contributed by atoms with van der Waals surface area (Å²) in [5.74, 6) is 0.997. The van der Waals surface area contributed by atoms with Crippen LogP contribution in [0.3, 0.4) is 0 Å². The lowest BCUT2D eigenvalue weighted by Gasteiger charge is -2.14. The number of carbonyl (C=O) groups excluding carboxylic acids is 1. The zero-order valence-electron chi connectivity index (χ0n) is 13.3. The van der Waals surface area contributed by atoms with Gasteiger partial charge in [-0.1, -0.05) is 41.6 Å². The quantitative estimate of drug-likeness (QED) is 0.631. The number of amidine groups is 1. The smallest absolute Gasteiger partial charge is 0.195 e.